The largest absolute Gasteiger partial charge is 0.328 e. The number of aromatic nitrogens is 2. The van der Waals surface area contributed by atoms with Gasteiger partial charge in [0.15, 0.2) is 0 Å². The lowest BCUT2D eigenvalue weighted by Crippen LogP contribution is -2.25. The smallest absolute Gasteiger partial charge is 0.227 e. The van der Waals surface area contributed by atoms with Crippen LogP contribution in [0.15, 0.2) is 48.5 Å². The summed E-state index contributed by atoms with van der Waals surface area (Å²) < 4.78 is 2.43. The van der Waals surface area contributed by atoms with Crippen LogP contribution in [0.5, 0.6) is 0 Å². The highest BCUT2D eigenvalue weighted by Gasteiger charge is 2.35. The van der Waals surface area contributed by atoms with E-state index in [9.17, 15) is 4.79 Å². The summed E-state index contributed by atoms with van der Waals surface area (Å²) in [6.45, 7) is 3.89. The summed E-state index contributed by atoms with van der Waals surface area (Å²) in [6.07, 6.45) is 9.59. The van der Waals surface area contributed by atoms with Crippen molar-refractivity contribution >= 4 is 22.6 Å². The van der Waals surface area contributed by atoms with Crippen LogP contribution in [0.25, 0.3) is 11.0 Å². The van der Waals surface area contributed by atoms with Crippen molar-refractivity contribution in [3.63, 3.8) is 0 Å². The Balaban J connectivity index is 1.43. The van der Waals surface area contributed by atoms with Gasteiger partial charge in [0.05, 0.1) is 11.0 Å². The Morgan fingerprint density at radius 1 is 1.00 bits per heavy atom. The number of nitrogens with zero attached hydrogens (tertiary/aromatic N) is 3. The molecule has 31 heavy (non-hydrogen) atoms. The number of carbonyl (C=O) groups is 1. The van der Waals surface area contributed by atoms with E-state index in [1.807, 2.05) is 11.0 Å². The number of para-hydroxylation sites is 3. The third-order valence-corrected chi connectivity index (χ3v) is 7.32. The first kappa shape index (κ1) is 20.3. The van der Waals surface area contributed by atoms with Gasteiger partial charge in [-0.25, -0.2) is 4.98 Å². The van der Waals surface area contributed by atoms with E-state index >= 15 is 0 Å². The molecule has 1 aliphatic carbocycles. The average molecular weight is 416 g/mol. The predicted molar refractivity (Wildman–Crippen MR) is 126 cm³/mol. The number of rotatable bonds is 6. The number of hydrogen-bond donors (Lipinski definition) is 0. The third-order valence-electron chi connectivity index (χ3n) is 7.32. The summed E-state index contributed by atoms with van der Waals surface area (Å²) in [6, 6.07) is 16.8. The van der Waals surface area contributed by atoms with E-state index in [0.717, 1.165) is 42.5 Å². The van der Waals surface area contributed by atoms with Gasteiger partial charge in [0.1, 0.15) is 5.82 Å². The third kappa shape index (κ3) is 4.00. The molecule has 1 saturated heterocycles. The minimum atomic E-state index is 0.149. The second-order valence-electron chi connectivity index (χ2n) is 9.29. The van der Waals surface area contributed by atoms with E-state index in [2.05, 4.69) is 54.0 Å². The van der Waals surface area contributed by atoms with Gasteiger partial charge in [-0.2, -0.15) is 0 Å². The molecule has 1 aromatic heterocycles. The van der Waals surface area contributed by atoms with Gasteiger partial charge >= 0.3 is 0 Å². The van der Waals surface area contributed by atoms with Gasteiger partial charge in [-0.1, -0.05) is 69.4 Å². The molecule has 1 atom stereocenters. The molecule has 3 aromatic rings. The van der Waals surface area contributed by atoms with Crippen LogP contribution in [0.3, 0.4) is 0 Å². The van der Waals surface area contributed by atoms with Crippen LogP contribution < -0.4 is 4.90 Å². The summed E-state index contributed by atoms with van der Waals surface area (Å²) in [5, 5.41) is 0. The lowest BCUT2D eigenvalue weighted by molar-refractivity contribution is -0.117. The lowest BCUT2D eigenvalue weighted by atomic mass is 9.87. The molecule has 0 bridgehead atoms. The Morgan fingerprint density at radius 3 is 2.61 bits per heavy atom. The molecule has 1 amide bonds. The number of carbonyl (C=O) groups excluding carboxylic acids is 1. The number of anilines is 1. The molecule has 162 valence electrons. The first-order valence-electron chi connectivity index (χ1n) is 12.1. The molecule has 2 aromatic carbocycles. The highest BCUT2D eigenvalue weighted by molar-refractivity contribution is 5.97. The quantitative estimate of drug-likeness (QED) is 0.489. The summed E-state index contributed by atoms with van der Waals surface area (Å²) in [4.78, 5) is 20.1. The van der Waals surface area contributed by atoms with E-state index in [4.69, 9.17) is 4.98 Å². The van der Waals surface area contributed by atoms with Crippen molar-refractivity contribution < 1.29 is 4.79 Å². The lowest BCUT2D eigenvalue weighted by Gasteiger charge is -2.23. The van der Waals surface area contributed by atoms with E-state index in [1.54, 1.807) is 0 Å². The summed E-state index contributed by atoms with van der Waals surface area (Å²) in [5.74, 6) is 2.30. The fourth-order valence-corrected chi connectivity index (χ4v) is 5.61. The van der Waals surface area contributed by atoms with Crippen LogP contribution in [0.4, 0.5) is 5.69 Å². The fraction of sp³-hybridized carbons (Fsp3) is 0.481. The molecule has 1 aliphatic heterocycles. The molecule has 4 heteroatoms. The van der Waals surface area contributed by atoms with Crippen molar-refractivity contribution in [2.75, 3.05) is 11.4 Å². The molecule has 2 aliphatic rings. The Morgan fingerprint density at radius 2 is 1.77 bits per heavy atom. The normalized spacial score (nSPS) is 20.1. The van der Waals surface area contributed by atoms with Crippen LogP contribution in [0.1, 0.15) is 69.2 Å². The van der Waals surface area contributed by atoms with Crippen LogP contribution in [-0.4, -0.2) is 22.0 Å². The molecule has 1 unspecified atom stereocenters. The SMILES string of the molecule is CCc1ccccc1N1CC(c2nc3ccccc3n2CCC2CCCCC2)CC1=O. The minimum absolute atomic E-state index is 0.149. The Labute approximate surface area is 185 Å². The first-order chi connectivity index (χ1) is 15.2. The molecule has 0 spiro atoms. The van der Waals surface area contributed by atoms with Gasteiger partial charge in [-0.3, -0.25) is 4.79 Å². The van der Waals surface area contributed by atoms with E-state index in [-0.39, 0.29) is 11.8 Å². The van der Waals surface area contributed by atoms with Crippen molar-refractivity contribution in [1.29, 1.82) is 0 Å². The van der Waals surface area contributed by atoms with Gasteiger partial charge in [0, 0.05) is 31.1 Å². The van der Waals surface area contributed by atoms with Crippen molar-refractivity contribution in [1.82, 2.24) is 9.55 Å². The maximum absolute atomic E-state index is 13.0. The van der Waals surface area contributed by atoms with Crippen LogP contribution >= 0.6 is 0 Å². The summed E-state index contributed by atoms with van der Waals surface area (Å²) in [5.41, 5.74) is 4.58. The van der Waals surface area contributed by atoms with Gasteiger partial charge in [-0.15, -0.1) is 0 Å². The van der Waals surface area contributed by atoms with Crippen molar-refractivity contribution in [2.24, 2.45) is 5.92 Å². The highest BCUT2D eigenvalue weighted by atomic mass is 16.2. The number of amides is 1. The van der Waals surface area contributed by atoms with E-state index < -0.39 is 0 Å². The maximum Gasteiger partial charge on any atom is 0.227 e. The zero-order valence-corrected chi connectivity index (χ0v) is 18.6. The average Bonchev–Trinajstić information content (AvgIpc) is 3.38. The van der Waals surface area contributed by atoms with Gasteiger partial charge < -0.3 is 9.47 Å². The fourth-order valence-electron chi connectivity index (χ4n) is 5.61. The topological polar surface area (TPSA) is 38.1 Å². The van der Waals surface area contributed by atoms with Crippen molar-refractivity contribution in [2.45, 2.75) is 70.8 Å². The monoisotopic (exact) mass is 415 g/mol. The molecule has 5 rings (SSSR count). The van der Waals surface area contributed by atoms with Crippen LogP contribution in [0.2, 0.25) is 0 Å². The molecule has 1 saturated carbocycles. The minimum Gasteiger partial charge on any atom is -0.328 e. The first-order valence-corrected chi connectivity index (χ1v) is 12.1. The van der Waals surface area contributed by atoms with E-state index in [0.29, 0.717) is 6.42 Å². The molecule has 0 radical (unpaired) electrons. The number of hydrogen-bond acceptors (Lipinski definition) is 2. The van der Waals surface area contributed by atoms with Crippen molar-refractivity contribution in [3.05, 3.63) is 59.9 Å². The van der Waals surface area contributed by atoms with E-state index in [1.165, 1.54) is 49.6 Å². The summed E-state index contributed by atoms with van der Waals surface area (Å²) >= 11 is 0. The van der Waals surface area contributed by atoms with Crippen LogP contribution in [-0.2, 0) is 17.8 Å². The van der Waals surface area contributed by atoms with Crippen molar-refractivity contribution in [3.8, 4) is 0 Å². The molecule has 2 fully saturated rings. The van der Waals surface area contributed by atoms with Crippen LogP contribution in [0, 0.1) is 5.92 Å². The number of benzene rings is 2. The molecular weight excluding hydrogens is 382 g/mol. The second kappa shape index (κ2) is 8.86. The highest BCUT2D eigenvalue weighted by Crippen LogP contribution is 2.35. The molecular formula is C27H33N3O. The predicted octanol–water partition coefficient (Wildman–Crippen LogP) is 6.09. The second-order valence-corrected chi connectivity index (χ2v) is 9.29. The Hall–Kier alpha value is -2.62. The van der Waals surface area contributed by atoms with Gasteiger partial charge in [-0.05, 0) is 42.5 Å². The zero-order valence-electron chi connectivity index (χ0n) is 18.6. The number of aryl methyl sites for hydroxylation is 2. The zero-order chi connectivity index (χ0) is 21.2. The van der Waals surface area contributed by atoms with Gasteiger partial charge in [0.25, 0.3) is 0 Å². The molecule has 0 N–H and O–H groups in total. The standard InChI is InChI=1S/C27H33N3O/c1-2-21-12-6-8-14-24(21)30-19-22(18-26(30)31)27-28-23-13-7-9-15-25(23)29(27)17-16-20-10-4-3-5-11-20/h6-9,12-15,20,22H,2-5,10-11,16-19H2,1H3. The number of fused-ring (bicyclic) bond motifs is 1. The van der Waals surface area contributed by atoms with Gasteiger partial charge in [0.2, 0.25) is 5.91 Å². The Kier molecular flexibility index (Phi) is 5.80. The molecule has 4 nitrogen and oxygen atoms in total. The molecule has 2 heterocycles. The maximum atomic E-state index is 13.0. The number of imidazole rings is 1. The summed E-state index contributed by atoms with van der Waals surface area (Å²) in [7, 11) is 0. The Bertz CT molecular complexity index is 1060.